The van der Waals surface area contributed by atoms with Gasteiger partial charge in [0, 0.05) is 0 Å². The quantitative estimate of drug-likeness (QED) is 0.561. The first-order chi connectivity index (χ1) is 5.25. The molecule has 0 rings (SSSR count). The summed E-state index contributed by atoms with van der Waals surface area (Å²) in [5, 5.41) is 0. The molecule has 0 fully saturated rings. The lowest BCUT2D eigenvalue weighted by atomic mass is 9.91. The van der Waals surface area contributed by atoms with Gasteiger partial charge in [-0.15, -0.1) is 0 Å². The van der Waals surface area contributed by atoms with E-state index in [1.807, 2.05) is 0 Å². The predicted molar refractivity (Wildman–Crippen MR) is 52.9 cm³/mol. The van der Waals surface area contributed by atoms with Crippen molar-refractivity contribution in [3.63, 3.8) is 0 Å². The second kappa shape index (κ2) is 3.88. The van der Waals surface area contributed by atoms with E-state index in [2.05, 4.69) is 27.0 Å². The monoisotopic (exact) mass is 170 g/mol. The Morgan fingerprint density at radius 3 is 2.00 bits per heavy atom. The molecule has 0 aliphatic heterocycles. The van der Waals surface area contributed by atoms with Crippen molar-refractivity contribution >= 4 is 0 Å². The van der Waals surface area contributed by atoms with E-state index in [1.54, 1.807) is 0 Å². The van der Waals surface area contributed by atoms with Crippen molar-refractivity contribution < 1.29 is 4.39 Å². The first-order valence-electron chi connectivity index (χ1n) is 4.30. The van der Waals surface area contributed by atoms with Crippen LogP contribution in [-0.2, 0) is 0 Å². The summed E-state index contributed by atoms with van der Waals surface area (Å²) >= 11 is 0. The minimum absolute atomic E-state index is 0.407. The number of allylic oxidation sites excluding steroid dienone is 2. The maximum absolute atomic E-state index is 13.3. The lowest BCUT2D eigenvalue weighted by Crippen LogP contribution is -2.15. The van der Waals surface area contributed by atoms with Gasteiger partial charge in [0.25, 0.3) is 0 Å². The smallest absolute Gasteiger partial charge is 0.126 e. The number of hydrogen-bond donors (Lipinski definition) is 0. The zero-order valence-corrected chi connectivity index (χ0v) is 8.58. The fourth-order valence-corrected chi connectivity index (χ4v) is 0.688. The molecule has 0 saturated heterocycles. The van der Waals surface area contributed by atoms with Crippen LogP contribution in [0.25, 0.3) is 0 Å². The molecule has 12 heavy (non-hydrogen) atoms. The Bertz CT molecular complexity index is 182. The van der Waals surface area contributed by atoms with E-state index in [0.29, 0.717) is 17.9 Å². The number of rotatable bonds is 4. The molecule has 0 bridgehead atoms. The van der Waals surface area contributed by atoms with Gasteiger partial charge in [0.15, 0.2) is 0 Å². The van der Waals surface area contributed by atoms with Gasteiger partial charge >= 0.3 is 0 Å². The Morgan fingerprint density at radius 2 is 1.75 bits per heavy atom. The molecule has 0 nitrogen and oxygen atoms in total. The van der Waals surface area contributed by atoms with Gasteiger partial charge in [-0.25, -0.2) is 4.39 Å². The predicted octanol–water partition coefficient (Wildman–Crippen LogP) is 3.89. The summed E-state index contributed by atoms with van der Waals surface area (Å²) in [6.45, 7) is 14.8. The number of alkyl halides is 1. The molecule has 0 aromatic rings. The minimum atomic E-state index is -1.28. The van der Waals surface area contributed by atoms with Crippen molar-refractivity contribution in [2.24, 2.45) is 5.92 Å². The number of hydrogen-bond acceptors (Lipinski definition) is 0. The highest BCUT2D eigenvalue weighted by Crippen LogP contribution is 2.26. The summed E-state index contributed by atoms with van der Waals surface area (Å²) in [7, 11) is 0. The van der Waals surface area contributed by atoms with Crippen molar-refractivity contribution in [3.8, 4) is 0 Å². The highest BCUT2D eigenvalue weighted by molar-refractivity contribution is 5.18. The van der Waals surface area contributed by atoms with Crippen molar-refractivity contribution in [2.45, 2.75) is 39.8 Å². The third kappa shape index (κ3) is 3.70. The van der Waals surface area contributed by atoms with Gasteiger partial charge < -0.3 is 0 Å². The Morgan fingerprint density at radius 1 is 1.33 bits per heavy atom. The zero-order chi connectivity index (χ0) is 9.94. The second-order valence-electron chi connectivity index (χ2n) is 4.07. The minimum Gasteiger partial charge on any atom is -0.240 e. The summed E-state index contributed by atoms with van der Waals surface area (Å²) in [6.07, 6.45) is 0.598. The van der Waals surface area contributed by atoms with Crippen molar-refractivity contribution in [1.82, 2.24) is 0 Å². The van der Waals surface area contributed by atoms with Gasteiger partial charge in [-0.1, -0.05) is 32.6 Å². The molecule has 0 unspecified atom stereocenters. The van der Waals surface area contributed by atoms with Crippen molar-refractivity contribution in [2.75, 3.05) is 0 Å². The first-order valence-corrected chi connectivity index (χ1v) is 4.30. The molecule has 0 amide bonds. The van der Waals surface area contributed by atoms with E-state index in [-0.39, 0.29) is 0 Å². The van der Waals surface area contributed by atoms with E-state index in [0.717, 1.165) is 5.57 Å². The van der Waals surface area contributed by atoms with Crippen LogP contribution in [0.4, 0.5) is 4.39 Å². The molecule has 0 aromatic heterocycles. The molecule has 0 radical (unpaired) electrons. The van der Waals surface area contributed by atoms with Gasteiger partial charge in [-0.3, -0.25) is 0 Å². The molecule has 1 heteroatoms. The lowest BCUT2D eigenvalue weighted by Gasteiger charge is -2.19. The summed E-state index contributed by atoms with van der Waals surface area (Å²) in [4.78, 5) is 0. The molecular formula is C11H19F. The first kappa shape index (κ1) is 11.4. The molecule has 0 N–H and O–H groups in total. The summed E-state index contributed by atoms with van der Waals surface area (Å²) in [5.41, 5.74) is 0.379. The number of halogens is 1. The van der Waals surface area contributed by atoms with Crippen LogP contribution in [0.2, 0.25) is 0 Å². The van der Waals surface area contributed by atoms with E-state index >= 15 is 0 Å². The molecular weight excluding hydrogens is 151 g/mol. The van der Waals surface area contributed by atoms with Gasteiger partial charge in [0.1, 0.15) is 5.67 Å². The van der Waals surface area contributed by atoms with Crippen LogP contribution in [0.1, 0.15) is 34.1 Å². The Kier molecular flexibility index (Phi) is 3.69. The fourth-order valence-electron chi connectivity index (χ4n) is 0.688. The van der Waals surface area contributed by atoms with Crippen LogP contribution < -0.4 is 0 Å². The molecule has 0 aromatic carbocycles. The van der Waals surface area contributed by atoms with Gasteiger partial charge in [-0.05, 0) is 31.8 Å². The molecule has 0 spiro atoms. The van der Waals surface area contributed by atoms with Crippen LogP contribution in [0.3, 0.4) is 0 Å². The molecule has 0 aliphatic rings. The van der Waals surface area contributed by atoms with Crippen LogP contribution in [0, 0.1) is 5.92 Å². The Labute approximate surface area is 75.2 Å². The second-order valence-corrected chi connectivity index (χ2v) is 4.07. The van der Waals surface area contributed by atoms with Crippen LogP contribution >= 0.6 is 0 Å². The standard InChI is InChI=1S/C11H19F/c1-8(2)9(3)7-10(4)11(5,6)12/h8H,3-4,7H2,1-2,5-6H3. The zero-order valence-electron chi connectivity index (χ0n) is 8.58. The SMILES string of the molecule is C=C(CC(=C)C(C)(C)F)C(C)C. The van der Waals surface area contributed by atoms with E-state index < -0.39 is 5.67 Å². The fraction of sp³-hybridized carbons (Fsp3) is 0.636. The topological polar surface area (TPSA) is 0 Å². The summed E-state index contributed by atoms with van der Waals surface area (Å²) < 4.78 is 13.3. The van der Waals surface area contributed by atoms with E-state index in [1.165, 1.54) is 13.8 Å². The lowest BCUT2D eigenvalue weighted by molar-refractivity contribution is 0.264. The van der Waals surface area contributed by atoms with Crippen LogP contribution in [0.15, 0.2) is 24.3 Å². The Balaban J connectivity index is 4.12. The van der Waals surface area contributed by atoms with Crippen molar-refractivity contribution in [3.05, 3.63) is 24.3 Å². The largest absolute Gasteiger partial charge is 0.240 e. The molecule has 70 valence electrons. The highest BCUT2D eigenvalue weighted by atomic mass is 19.1. The highest BCUT2D eigenvalue weighted by Gasteiger charge is 2.20. The Hall–Kier alpha value is -0.590. The molecule has 0 heterocycles. The normalized spacial score (nSPS) is 11.8. The van der Waals surface area contributed by atoms with Gasteiger partial charge in [0.2, 0.25) is 0 Å². The maximum Gasteiger partial charge on any atom is 0.126 e. The average molecular weight is 170 g/mol. The average Bonchev–Trinajstić information content (AvgIpc) is 1.85. The van der Waals surface area contributed by atoms with Crippen LogP contribution in [0.5, 0.6) is 0 Å². The summed E-state index contributed by atoms with van der Waals surface area (Å²) in [6, 6.07) is 0. The van der Waals surface area contributed by atoms with Gasteiger partial charge in [-0.2, -0.15) is 0 Å². The van der Waals surface area contributed by atoms with Crippen LogP contribution in [-0.4, -0.2) is 5.67 Å². The van der Waals surface area contributed by atoms with E-state index in [9.17, 15) is 4.39 Å². The summed E-state index contributed by atoms with van der Waals surface area (Å²) in [5.74, 6) is 0.407. The van der Waals surface area contributed by atoms with Crippen molar-refractivity contribution in [1.29, 1.82) is 0 Å². The molecule has 0 atom stereocenters. The molecule has 0 aliphatic carbocycles. The third-order valence-electron chi connectivity index (χ3n) is 2.10. The van der Waals surface area contributed by atoms with Gasteiger partial charge in [0.05, 0.1) is 0 Å². The van der Waals surface area contributed by atoms with E-state index in [4.69, 9.17) is 0 Å². The maximum atomic E-state index is 13.3. The third-order valence-corrected chi connectivity index (χ3v) is 2.10. The molecule has 0 saturated carbocycles.